The number of sulfonamides is 1. The van der Waals surface area contributed by atoms with Gasteiger partial charge < -0.3 is 5.11 Å². The summed E-state index contributed by atoms with van der Waals surface area (Å²) in [7, 11) is -4.77. The van der Waals surface area contributed by atoms with Crippen LogP contribution in [0.15, 0.2) is 23.1 Å². The molecule has 0 radical (unpaired) electrons. The van der Waals surface area contributed by atoms with E-state index in [2.05, 4.69) is 11.8 Å². The van der Waals surface area contributed by atoms with E-state index in [0.29, 0.717) is 11.5 Å². The Labute approximate surface area is 125 Å². The third-order valence-corrected chi connectivity index (χ3v) is 6.19. The van der Waals surface area contributed by atoms with Gasteiger partial charge in [0.2, 0.25) is 10.0 Å². The smallest absolute Gasteiger partial charge is 0.243 e. The van der Waals surface area contributed by atoms with Gasteiger partial charge in [-0.15, -0.1) is 0 Å². The Bertz CT molecular complexity index is 711. The summed E-state index contributed by atoms with van der Waals surface area (Å²) in [4.78, 5) is -0.151. The first-order valence-electron chi connectivity index (χ1n) is 6.19. The number of hydrogen-bond donors (Lipinski definition) is 1. The van der Waals surface area contributed by atoms with E-state index < -0.39 is 33.2 Å². The molecule has 1 heterocycles. The van der Waals surface area contributed by atoms with Crippen LogP contribution in [0, 0.1) is 17.7 Å². The van der Waals surface area contributed by atoms with Gasteiger partial charge in [-0.1, -0.05) is 11.8 Å². The van der Waals surface area contributed by atoms with Gasteiger partial charge in [0.15, 0.2) is 0 Å². The standard InChI is InChI=1S/C13H14FNO4S2/c14-13-10-12(4-3-11(13)2-1-7-16)21(18,19)15-5-8-20(17)9-6-15/h3-4,10,16H,5-9H2. The van der Waals surface area contributed by atoms with E-state index in [-0.39, 0.29) is 23.5 Å². The summed E-state index contributed by atoms with van der Waals surface area (Å²) in [5.74, 6) is 4.54. The quantitative estimate of drug-likeness (QED) is 0.770. The molecule has 1 N–H and O–H groups in total. The lowest BCUT2D eigenvalue weighted by molar-refractivity contribution is 0.350. The lowest BCUT2D eigenvalue weighted by atomic mass is 10.2. The van der Waals surface area contributed by atoms with Crippen LogP contribution in [0.2, 0.25) is 0 Å². The Hall–Kier alpha value is -1.27. The summed E-state index contributed by atoms with van der Waals surface area (Å²) in [6.07, 6.45) is 0. The van der Waals surface area contributed by atoms with Gasteiger partial charge >= 0.3 is 0 Å². The Morgan fingerprint density at radius 1 is 1.33 bits per heavy atom. The van der Waals surface area contributed by atoms with Crippen LogP contribution in [0.1, 0.15) is 5.56 Å². The van der Waals surface area contributed by atoms with E-state index in [1.807, 2.05) is 0 Å². The summed E-state index contributed by atoms with van der Waals surface area (Å²) in [6.45, 7) is -0.0598. The lowest BCUT2D eigenvalue weighted by Gasteiger charge is -2.25. The van der Waals surface area contributed by atoms with E-state index >= 15 is 0 Å². The van der Waals surface area contributed by atoms with Crippen molar-refractivity contribution in [2.24, 2.45) is 0 Å². The van der Waals surface area contributed by atoms with Crippen LogP contribution in [0.5, 0.6) is 0 Å². The van der Waals surface area contributed by atoms with Gasteiger partial charge in [-0.2, -0.15) is 4.31 Å². The number of rotatable bonds is 2. The van der Waals surface area contributed by atoms with Gasteiger partial charge in [0.05, 0.1) is 10.5 Å². The highest BCUT2D eigenvalue weighted by atomic mass is 32.2. The van der Waals surface area contributed by atoms with E-state index in [1.54, 1.807) is 0 Å². The van der Waals surface area contributed by atoms with Crippen LogP contribution in [0.4, 0.5) is 4.39 Å². The molecule has 114 valence electrons. The molecule has 0 bridgehead atoms. The average Bonchev–Trinajstić information content (AvgIpc) is 2.46. The summed E-state index contributed by atoms with van der Waals surface area (Å²) in [5, 5.41) is 8.57. The second-order valence-electron chi connectivity index (χ2n) is 4.35. The molecular weight excluding hydrogens is 317 g/mol. The number of aliphatic hydroxyl groups is 1. The van der Waals surface area contributed by atoms with E-state index in [0.717, 1.165) is 6.07 Å². The number of nitrogens with zero attached hydrogens (tertiary/aromatic N) is 1. The molecule has 21 heavy (non-hydrogen) atoms. The molecule has 0 spiro atoms. The Balaban J connectivity index is 2.28. The minimum Gasteiger partial charge on any atom is -0.384 e. The largest absolute Gasteiger partial charge is 0.384 e. The molecule has 1 aliphatic heterocycles. The van der Waals surface area contributed by atoms with Crippen molar-refractivity contribution in [3.8, 4) is 11.8 Å². The molecule has 1 saturated heterocycles. The SMILES string of the molecule is O=S1CCN(S(=O)(=O)c2ccc(C#CCO)c(F)c2)CC1. The molecule has 0 atom stereocenters. The molecule has 1 aliphatic rings. The zero-order chi connectivity index (χ0) is 15.5. The molecule has 0 aliphatic carbocycles. The number of aliphatic hydroxyl groups excluding tert-OH is 1. The van der Waals surface area contributed by atoms with Crippen molar-refractivity contribution in [1.82, 2.24) is 4.31 Å². The van der Waals surface area contributed by atoms with Crippen LogP contribution >= 0.6 is 0 Å². The Morgan fingerprint density at radius 3 is 2.57 bits per heavy atom. The van der Waals surface area contributed by atoms with Gasteiger partial charge in [-0.3, -0.25) is 4.21 Å². The predicted octanol–water partition coefficient (Wildman–Crippen LogP) is -0.0775. The summed E-state index contributed by atoms with van der Waals surface area (Å²) < 4.78 is 51.0. The van der Waals surface area contributed by atoms with Crippen LogP contribution in [-0.4, -0.2) is 53.2 Å². The summed E-state index contributed by atoms with van der Waals surface area (Å²) >= 11 is 0. The average molecular weight is 331 g/mol. The van der Waals surface area contributed by atoms with E-state index in [9.17, 15) is 17.0 Å². The third-order valence-electron chi connectivity index (χ3n) is 3.02. The van der Waals surface area contributed by atoms with Gasteiger partial charge in [-0.25, -0.2) is 12.8 Å². The Kier molecular flexibility index (Phi) is 5.11. The van der Waals surface area contributed by atoms with Crippen molar-refractivity contribution < 1.29 is 22.1 Å². The fraction of sp³-hybridized carbons (Fsp3) is 0.385. The first-order chi connectivity index (χ1) is 9.95. The number of halogens is 1. The van der Waals surface area contributed by atoms with Crippen molar-refractivity contribution in [2.45, 2.75) is 4.90 Å². The first kappa shape index (κ1) is 16.1. The topological polar surface area (TPSA) is 74.7 Å². The van der Waals surface area contributed by atoms with Gasteiger partial charge in [0, 0.05) is 35.4 Å². The van der Waals surface area contributed by atoms with Gasteiger partial charge in [0.1, 0.15) is 12.4 Å². The summed E-state index contributed by atoms with van der Waals surface area (Å²) in [5.41, 5.74) is 0.0303. The third kappa shape index (κ3) is 3.68. The fourth-order valence-electron chi connectivity index (χ4n) is 1.90. The highest BCUT2D eigenvalue weighted by molar-refractivity contribution is 7.89. The molecular formula is C13H14FNO4S2. The molecule has 1 fully saturated rings. The maximum Gasteiger partial charge on any atom is 0.243 e. The molecule has 8 heteroatoms. The summed E-state index contributed by atoms with van der Waals surface area (Å²) in [6, 6.07) is 3.47. The molecule has 2 rings (SSSR count). The second kappa shape index (κ2) is 6.66. The van der Waals surface area contributed by atoms with E-state index in [1.165, 1.54) is 16.4 Å². The minimum atomic E-state index is -3.78. The molecule has 1 aromatic rings. The predicted molar refractivity (Wildman–Crippen MR) is 77.0 cm³/mol. The molecule has 0 aromatic heterocycles. The molecule has 0 unspecified atom stereocenters. The van der Waals surface area contributed by atoms with Crippen LogP contribution < -0.4 is 0 Å². The van der Waals surface area contributed by atoms with Crippen LogP contribution in [0.3, 0.4) is 0 Å². The molecule has 0 amide bonds. The highest BCUT2D eigenvalue weighted by Gasteiger charge is 2.28. The Morgan fingerprint density at radius 2 is 2.00 bits per heavy atom. The maximum absolute atomic E-state index is 13.8. The maximum atomic E-state index is 13.8. The molecule has 1 aromatic carbocycles. The van der Waals surface area contributed by atoms with Crippen LogP contribution in [0.25, 0.3) is 0 Å². The normalized spacial score (nSPS) is 17.2. The van der Waals surface area contributed by atoms with Crippen molar-refractivity contribution in [3.05, 3.63) is 29.6 Å². The van der Waals surface area contributed by atoms with Gasteiger partial charge in [0.25, 0.3) is 0 Å². The van der Waals surface area contributed by atoms with Crippen molar-refractivity contribution in [2.75, 3.05) is 31.2 Å². The monoisotopic (exact) mass is 331 g/mol. The lowest BCUT2D eigenvalue weighted by Crippen LogP contribution is -2.41. The zero-order valence-electron chi connectivity index (χ0n) is 11.1. The van der Waals surface area contributed by atoms with Crippen molar-refractivity contribution >= 4 is 20.8 Å². The fourth-order valence-corrected chi connectivity index (χ4v) is 4.64. The first-order valence-corrected chi connectivity index (χ1v) is 9.12. The molecule has 5 nitrogen and oxygen atoms in total. The number of hydrogen-bond acceptors (Lipinski definition) is 4. The zero-order valence-corrected chi connectivity index (χ0v) is 12.7. The highest BCUT2D eigenvalue weighted by Crippen LogP contribution is 2.20. The minimum absolute atomic E-state index is 0.0303. The van der Waals surface area contributed by atoms with E-state index in [4.69, 9.17) is 5.11 Å². The number of benzene rings is 1. The second-order valence-corrected chi connectivity index (χ2v) is 7.99. The van der Waals surface area contributed by atoms with Crippen molar-refractivity contribution in [3.63, 3.8) is 0 Å². The van der Waals surface area contributed by atoms with Crippen molar-refractivity contribution in [1.29, 1.82) is 0 Å². The molecule has 0 saturated carbocycles. The van der Waals surface area contributed by atoms with Crippen LogP contribution in [-0.2, 0) is 20.8 Å². The van der Waals surface area contributed by atoms with Gasteiger partial charge in [-0.05, 0) is 18.2 Å².